The van der Waals surface area contributed by atoms with Crippen molar-refractivity contribution in [2.75, 3.05) is 0 Å². The predicted molar refractivity (Wildman–Crippen MR) is 90.2 cm³/mol. The van der Waals surface area contributed by atoms with Crippen molar-refractivity contribution in [1.29, 1.82) is 0 Å². The smallest absolute Gasteiger partial charge is 0.186 e. The molecule has 0 N–H and O–H groups in total. The molecule has 0 amide bonds. The minimum Gasteiger partial charge on any atom is -0.186 e. The van der Waals surface area contributed by atoms with Gasteiger partial charge in [-0.25, -0.2) is 0 Å². The standard InChI is InChI=1S/C20H18.CO2/c1-14-17-10-6-5-9-16(17)11-12-18(14)20-13-19(20)15-7-3-2-4-8-15;2-1-3/h2-12,19-20H,13H2,1H3;. The summed E-state index contributed by atoms with van der Waals surface area (Å²) in [6.07, 6.45) is 1.54. The van der Waals surface area contributed by atoms with Gasteiger partial charge in [-0.15, -0.1) is 0 Å². The lowest BCUT2D eigenvalue weighted by Gasteiger charge is -2.09. The van der Waals surface area contributed by atoms with Gasteiger partial charge in [0.2, 0.25) is 0 Å². The summed E-state index contributed by atoms with van der Waals surface area (Å²) in [5.74, 6) is 1.43. The third-order valence-corrected chi connectivity index (χ3v) is 4.66. The Morgan fingerprint density at radius 1 is 0.826 bits per heavy atom. The van der Waals surface area contributed by atoms with Gasteiger partial charge in [0.15, 0.2) is 0 Å². The van der Waals surface area contributed by atoms with Gasteiger partial charge < -0.3 is 0 Å². The average molecular weight is 302 g/mol. The maximum Gasteiger partial charge on any atom is 0.373 e. The van der Waals surface area contributed by atoms with Crippen molar-refractivity contribution in [3.05, 3.63) is 83.4 Å². The van der Waals surface area contributed by atoms with Crippen LogP contribution in [-0.4, -0.2) is 6.15 Å². The van der Waals surface area contributed by atoms with Crippen LogP contribution in [0.2, 0.25) is 0 Å². The lowest BCUT2D eigenvalue weighted by Crippen LogP contribution is -1.90. The van der Waals surface area contributed by atoms with E-state index in [-0.39, 0.29) is 6.15 Å². The molecule has 2 unspecified atom stereocenters. The molecular weight excluding hydrogens is 284 g/mol. The van der Waals surface area contributed by atoms with E-state index in [1.807, 2.05) is 0 Å². The molecule has 0 aliphatic heterocycles. The normalized spacial score (nSPS) is 18.7. The summed E-state index contributed by atoms with van der Waals surface area (Å²) in [5.41, 5.74) is 4.49. The van der Waals surface area contributed by atoms with E-state index in [0.29, 0.717) is 5.92 Å². The SMILES string of the molecule is Cc1c(C2CC2c2ccccc2)ccc2ccccc12.O=C=O. The number of fused-ring (bicyclic) bond motifs is 1. The number of aryl methyl sites for hydroxylation is 1. The Morgan fingerprint density at radius 2 is 1.48 bits per heavy atom. The van der Waals surface area contributed by atoms with Crippen LogP contribution in [0.1, 0.15) is 34.9 Å². The van der Waals surface area contributed by atoms with E-state index in [2.05, 4.69) is 73.7 Å². The Balaban J connectivity index is 0.000000485. The van der Waals surface area contributed by atoms with Gasteiger partial charge in [-0.2, -0.15) is 9.59 Å². The lowest BCUT2D eigenvalue weighted by atomic mass is 9.95. The zero-order valence-corrected chi connectivity index (χ0v) is 13.0. The van der Waals surface area contributed by atoms with Crippen molar-refractivity contribution in [2.24, 2.45) is 0 Å². The molecule has 2 atom stereocenters. The molecule has 0 saturated heterocycles. The fourth-order valence-electron chi connectivity index (χ4n) is 3.45. The summed E-state index contributed by atoms with van der Waals surface area (Å²) in [6, 6.07) is 24.2. The highest BCUT2D eigenvalue weighted by molar-refractivity contribution is 5.86. The van der Waals surface area contributed by atoms with Crippen LogP contribution in [0.5, 0.6) is 0 Å². The third-order valence-electron chi connectivity index (χ3n) is 4.66. The number of hydrogen-bond donors (Lipinski definition) is 0. The highest BCUT2D eigenvalue weighted by Crippen LogP contribution is 2.55. The molecular formula is C21H18O2. The van der Waals surface area contributed by atoms with Crippen LogP contribution < -0.4 is 0 Å². The molecule has 1 fully saturated rings. The van der Waals surface area contributed by atoms with E-state index in [1.165, 1.54) is 33.9 Å². The second kappa shape index (κ2) is 6.60. The molecule has 3 aromatic carbocycles. The highest BCUT2D eigenvalue weighted by atomic mass is 16.2. The van der Waals surface area contributed by atoms with Gasteiger partial charge in [-0.3, -0.25) is 0 Å². The molecule has 1 aliphatic rings. The number of hydrogen-bond acceptors (Lipinski definition) is 2. The van der Waals surface area contributed by atoms with E-state index in [4.69, 9.17) is 9.59 Å². The molecule has 0 radical (unpaired) electrons. The molecule has 4 rings (SSSR count). The first-order valence-electron chi connectivity index (χ1n) is 7.78. The third kappa shape index (κ3) is 3.08. The van der Waals surface area contributed by atoms with Crippen molar-refractivity contribution in [1.82, 2.24) is 0 Å². The number of benzene rings is 3. The van der Waals surface area contributed by atoms with E-state index >= 15 is 0 Å². The zero-order chi connectivity index (χ0) is 16.2. The van der Waals surface area contributed by atoms with Crippen LogP contribution in [0.4, 0.5) is 0 Å². The van der Waals surface area contributed by atoms with E-state index in [9.17, 15) is 0 Å². The van der Waals surface area contributed by atoms with Crippen LogP contribution in [0.25, 0.3) is 10.8 Å². The molecule has 114 valence electrons. The summed E-state index contributed by atoms with van der Waals surface area (Å²) < 4.78 is 0. The maximum absolute atomic E-state index is 8.12. The lowest BCUT2D eigenvalue weighted by molar-refractivity contribution is -0.191. The predicted octanol–water partition coefficient (Wildman–Crippen LogP) is 4.84. The average Bonchev–Trinajstić information content (AvgIpc) is 3.37. The first-order chi connectivity index (χ1) is 11.3. The Bertz CT molecular complexity index is 846. The van der Waals surface area contributed by atoms with Crippen molar-refractivity contribution in [2.45, 2.75) is 25.2 Å². The van der Waals surface area contributed by atoms with Gasteiger partial charge in [-0.05, 0) is 52.6 Å². The first kappa shape index (κ1) is 15.2. The number of rotatable bonds is 2. The quantitative estimate of drug-likeness (QED) is 0.679. The molecule has 3 aromatic rings. The first-order valence-corrected chi connectivity index (χ1v) is 7.78. The van der Waals surface area contributed by atoms with Gasteiger partial charge in [0.25, 0.3) is 0 Å². The van der Waals surface area contributed by atoms with Crippen molar-refractivity contribution < 1.29 is 9.59 Å². The summed E-state index contributed by atoms with van der Waals surface area (Å²) >= 11 is 0. The second-order valence-electron chi connectivity index (χ2n) is 5.94. The highest BCUT2D eigenvalue weighted by Gasteiger charge is 2.40. The van der Waals surface area contributed by atoms with Crippen molar-refractivity contribution >= 4 is 16.9 Å². The van der Waals surface area contributed by atoms with E-state index in [0.717, 1.165) is 5.92 Å². The van der Waals surface area contributed by atoms with Crippen molar-refractivity contribution in [3.63, 3.8) is 0 Å². The van der Waals surface area contributed by atoms with Gasteiger partial charge >= 0.3 is 6.15 Å². The van der Waals surface area contributed by atoms with Crippen molar-refractivity contribution in [3.8, 4) is 0 Å². The Morgan fingerprint density at radius 3 is 2.22 bits per heavy atom. The molecule has 0 spiro atoms. The van der Waals surface area contributed by atoms with E-state index in [1.54, 1.807) is 0 Å². The molecule has 0 heterocycles. The van der Waals surface area contributed by atoms with E-state index < -0.39 is 0 Å². The Kier molecular flexibility index (Phi) is 4.36. The maximum atomic E-state index is 8.12. The van der Waals surface area contributed by atoms with Gasteiger partial charge in [0.1, 0.15) is 0 Å². The van der Waals surface area contributed by atoms with Crippen LogP contribution in [0, 0.1) is 6.92 Å². The van der Waals surface area contributed by atoms with Crippen LogP contribution >= 0.6 is 0 Å². The minimum atomic E-state index is 0.250. The number of carbonyl (C=O) groups excluding carboxylic acids is 2. The molecule has 0 bridgehead atoms. The second-order valence-corrected chi connectivity index (χ2v) is 5.94. The topological polar surface area (TPSA) is 34.1 Å². The molecule has 1 aliphatic carbocycles. The van der Waals surface area contributed by atoms with Gasteiger partial charge in [-0.1, -0.05) is 66.7 Å². The largest absolute Gasteiger partial charge is 0.373 e. The molecule has 1 saturated carbocycles. The van der Waals surface area contributed by atoms with Crippen LogP contribution in [-0.2, 0) is 9.59 Å². The van der Waals surface area contributed by atoms with Crippen LogP contribution in [0.15, 0.2) is 66.7 Å². The molecule has 23 heavy (non-hydrogen) atoms. The zero-order valence-electron chi connectivity index (χ0n) is 13.0. The fourth-order valence-corrected chi connectivity index (χ4v) is 3.45. The summed E-state index contributed by atoms with van der Waals surface area (Å²) in [4.78, 5) is 16.2. The molecule has 0 aromatic heterocycles. The summed E-state index contributed by atoms with van der Waals surface area (Å²) in [5, 5.41) is 2.76. The molecule has 2 heteroatoms. The minimum absolute atomic E-state index is 0.250. The summed E-state index contributed by atoms with van der Waals surface area (Å²) in [6.45, 7) is 2.28. The summed E-state index contributed by atoms with van der Waals surface area (Å²) in [7, 11) is 0. The molecule has 2 nitrogen and oxygen atoms in total. The van der Waals surface area contributed by atoms with Gasteiger partial charge in [0.05, 0.1) is 0 Å². The van der Waals surface area contributed by atoms with Gasteiger partial charge in [0, 0.05) is 0 Å². The van der Waals surface area contributed by atoms with Crippen LogP contribution in [0.3, 0.4) is 0 Å². The Labute approximate surface area is 135 Å². The Hall–Kier alpha value is -2.70. The fraction of sp³-hybridized carbons (Fsp3) is 0.190. The monoisotopic (exact) mass is 302 g/mol.